The summed E-state index contributed by atoms with van der Waals surface area (Å²) in [4.78, 5) is 21.9. The van der Waals surface area contributed by atoms with E-state index in [0.29, 0.717) is 24.2 Å². The van der Waals surface area contributed by atoms with Crippen LogP contribution in [0.1, 0.15) is 46.1 Å². The van der Waals surface area contributed by atoms with E-state index in [-0.39, 0.29) is 12.6 Å². The molecule has 0 unspecified atom stereocenters. The van der Waals surface area contributed by atoms with Gasteiger partial charge in [0.05, 0.1) is 17.2 Å². The van der Waals surface area contributed by atoms with Crippen molar-refractivity contribution in [3.05, 3.63) is 27.3 Å². The molecule has 8 heteroatoms. The third kappa shape index (κ3) is 3.44. The molecule has 0 fully saturated rings. The van der Waals surface area contributed by atoms with Crippen LogP contribution in [0.5, 0.6) is 0 Å². The first-order valence-electron chi connectivity index (χ1n) is 7.39. The van der Waals surface area contributed by atoms with Gasteiger partial charge < -0.3 is 15.2 Å². The number of nitrogens with zero attached hydrogens (tertiary/aromatic N) is 3. The number of nitrogens with one attached hydrogen (secondary N) is 2. The highest BCUT2D eigenvalue weighted by atomic mass is 32.1. The van der Waals surface area contributed by atoms with Crippen LogP contribution in [0.3, 0.4) is 0 Å². The highest BCUT2D eigenvalue weighted by Gasteiger charge is 2.24. The summed E-state index contributed by atoms with van der Waals surface area (Å²) in [5.41, 5.74) is 1.17. The molecule has 2 amide bonds. The SMILES string of the molecule is Cc1noc(CNC(=O)NC[C@@H]2CCCc3sc(C)nc32)n1. The van der Waals surface area contributed by atoms with Crippen molar-refractivity contribution in [2.24, 2.45) is 0 Å². The molecule has 118 valence electrons. The molecule has 2 aromatic rings. The zero-order chi connectivity index (χ0) is 15.5. The number of thiazole rings is 1. The number of rotatable bonds is 4. The van der Waals surface area contributed by atoms with Crippen LogP contribution >= 0.6 is 11.3 Å². The number of hydrogen-bond donors (Lipinski definition) is 2. The molecule has 2 aromatic heterocycles. The van der Waals surface area contributed by atoms with Gasteiger partial charge in [-0.1, -0.05) is 5.16 Å². The van der Waals surface area contributed by atoms with Crippen LogP contribution in [0.15, 0.2) is 4.52 Å². The van der Waals surface area contributed by atoms with Crippen LogP contribution < -0.4 is 10.6 Å². The Balaban J connectivity index is 1.49. The van der Waals surface area contributed by atoms with E-state index in [1.807, 2.05) is 6.92 Å². The molecule has 0 aliphatic heterocycles. The topological polar surface area (TPSA) is 92.9 Å². The molecule has 22 heavy (non-hydrogen) atoms. The Bertz CT molecular complexity index is 666. The fourth-order valence-electron chi connectivity index (χ4n) is 2.67. The minimum absolute atomic E-state index is 0.227. The lowest BCUT2D eigenvalue weighted by Gasteiger charge is -2.21. The van der Waals surface area contributed by atoms with Crippen molar-refractivity contribution in [2.45, 2.75) is 45.6 Å². The Hall–Kier alpha value is -1.96. The van der Waals surface area contributed by atoms with Gasteiger partial charge in [0, 0.05) is 17.3 Å². The largest absolute Gasteiger partial charge is 0.337 e. The second kappa shape index (κ2) is 6.43. The van der Waals surface area contributed by atoms with E-state index < -0.39 is 0 Å². The molecule has 7 nitrogen and oxygen atoms in total. The van der Waals surface area contributed by atoms with Gasteiger partial charge in [-0.15, -0.1) is 11.3 Å². The monoisotopic (exact) mass is 321 g/mol. The molecule has 0 aromatic carbocycles. The number of carbonyl (C=O) groups excluding carboxylic acids is 1. The maximum Gasteiger partial charge on any atom is 0.315 e. The maximum atomic E-state index is 11.9. The van der Waals surface area contributed by atoms with E-state index in [9.17, 15) is 4.79 Å². The predicted octanol–water partition coefficient (Wildman–Crippen LogP) is 2.06. The highest BCUT2D eigenvalue weighted by molar-refractivity contribution is 7.11. The molecule has 0 spiro atoms. The molecule has 1 aliphatic carbocycles. The number of aryl methyl sites for hydroxylation is 3. The van der Waals surface area contributed by atoms with Gasteiger partial charge in [-0.2, -0.15) is 4.98 Å². The molecule has 2 heterocycles. The summed E-state index contributed by atoms with van der Waals surface area (Å²) in [7, 11) is 0. The fraction of sp³-hybridized carbons (Fsp3) is 0.571. The van der Waals surface area contributed by atoms with Crippen LogP contribution in [0.2, 0.25) is 0 Å². The van der Waals surface area contributed by atoms with Crippen molar-refractivity contribution in [1.82, 2.24) is 25.8 Å². The lowest BCUT2D eigenvalue weighted by Crippen LogP contribution is -2.38. The Kier molecular flexibility index (Phi) is 4.37. The van der Waals surface area contributed by atoms with Gasteiger partial charge in [-0.25, -0.2) is 9.78 Å². The Morgan fingerprint density at radius 3 is 3.00 bits per heavy atom. The standard InChI is InChI=1S/C14H19N5O2S/c1-8-17-12(21-19-8)7-16-14(20)15-6-10-4-3-5-11-13(10)18-9(2)22-11/h10H,3-7H2,1-2H3,(H2,15,16,20)/t10-/m0/s1. The summed E-state index contributed by atoms with van der Waals surface area (Å²) >= 11 is 1.77. The summed E-state index contributed by atoms with van der Waals surface area (Å²) in [6.07, 6.45) is 3.34. The normalized spacial score (nSPS) is 17.1. The van der Waals surface area contributed by atoms with E-state index >= 15 is 0 Å². The average molecular weight is 321 g/mol. The second-order valence-corrected chi connectivity index (χ2v) is 6.72. The van der Waals surface area contributed by atoms with Crippen LogP contribution in [0.4, 0.5) is 4.79 Å². The summed E-state index contributed by atoms with van der Waals surface area (Å²) in [5.74, 6) is 1.28. The number of amides is 2. The number of hydrogen-bond acceptors (Lipinski definition) is 6. The number of carbonyl (C=O) groups is 1. The Morgan fingerprint density at radius 1 is 1.36 bits per heavy atom. The van der Waals surface area contributed by atoms with Crippen LogP contribution in [0.25, 0.3) is 0 Å². The third-order valence-corrected chi connectivity index (χ3v) is 4.70. The van der Waals surface area contributed by atoms with E-state index in [2.05, 4.69) is 25.8 Å². The predicted molar refractivity (Wildman–Crippen MR) is 81.8 cm³/mol. The van der Waals surface area contributed by atoms with Crippen LogP contribution in [-0.2, 0) is 13.0 Å². The van der Waals surface area contributed by atoms with Gasteiger partial charge >= 0.3 is 6.03 Å². The average Bonchev–Trinajstić information content (AvgIpc) is 3.07. The van der Waals surface area contributed by atoms with Crippen LogP contribution in [-0.4, -0.2) is 27.7 Å². The Morgan fingerprint density at radius 2 is 2.23 bits per heavy atom. The van der Waals surface area contributed by atoms with Crippen molar-refractivity contribution in [3.63, 3.8) is 0 Å². The minimum Gasteiger partial charge on any atom is -0.337 e. The molecule has 2 N–H and O–H groups in total. The van der Waals surface area contributed by atoms with Crippen molar-refractivity contribution in [3.8, 4) is 0 Å². The number of urea groups is 1. The molecule has 3 rings (SSSR count). The third-order valence-electron chi connectivity index (χ3n) is 3.66. The van der Waals surface area contributed by atoms with Crippen molar-refractivity contribution in [1.29, 1.82) is 0 Å². The van der Waals surface area contributed by atoms with Crippen LogP contribution in [0, 0.1) is 13.8 Å². The van der Waals surface area contributed by atoms with Crippen molar-refractivity contribution < 1.29 is 9.32 Å². The van der Waals surface area contributed by atoms with Gasteiger partial charge in [0.1, 0.15) is 0 Å². The first kappa shape index (κ1) is 15.0. The first-order valence-corrected chi connectivity index (χ1v) is 8.20. The number of fused-ring (bicyclic) bond motifs is 1. The quantitative estimate of drug-likeness (QED) is 0.899. The molecule has 1 atom stereocenters. The van der Waals surface area contributed by atoms with Crippen molar-refractivity contribution in [2.75, 3.05) is 6.54 Å². The van der Waals surface area contributed by atoms with Gasteiger partial charge in [0.2, 0.25) is 5.89 Å². The maximum absolute atomic E-state index is 11.9. The van der Waals surface area contributed by atoms with Gasteiger partial charge in [-0.05, 0) is 33.1 Å². The summed E-state index contributed by atoms with van der Waals surface area (Å²) in [5, 5.41) is 10.4. The Labute approximate surface area is 132 Å². The molecule has 0 radical (unpaired) electrons. The highest BCUT2D eigenvalue weighted by Crippen LogP contribution is 2.34. The molecular weight excluding hydrogens is 302 g/mol. The van der Waals surface area contributed by atoms with Gasteiger partial charge in [-0.3, -0.25) is 0 Å². The van der Waals surface area contributed by atoms with Gasteiger partial charge in [0.25, 0.3) is 0 Å². The van der Waals surface area contributed by atoms with Crippen molar-refractivity contribution >= 4 is 17.4 Å². The molecule has 1 aliphatic rings. The molecule has 0 bridgehead atoms. The molecule has 0 saturated heterocycles. The first-order chi connectivity index (χ1) is 10.6. The second-order valence-electron chi connectivity index (χ2n) is 5.43. The summed E-state index contributed by atoms with van der Waals surface area (Å²) < 4.78 is 4.95. The van der Waals surface area contributed by atoms with E-state index in [1.54, 1.807) is 18.3 Å². The zero-order valence-electron chi connectivity index (χ0n) is 12.7. The van der Waals surface area contributed by atoms with E-state index in [1.165, 1.54) is 10.6 Å². The minimum atomic E-state index is -0.227. The lowest BCUT2D eigenvalue weighted by atomic mass is 9.91. The van der Waals surface area contributed by atoms with E-state index in [4.69, 9.17) is 4.52 Å². The summed E-state index contributed by atoms with van der Waals surface area (Å²) in [6, 6.07) is -0.227. The van der Waals surface area contributed by atoms with Gasteiger partial charge in [0.15, 0.2) is 5.82 Å². The molecule has 0 saturated carbocycles. The smallest absolute Gasteiger partial charge is 0.315 e. The zero-order valence-corrected chi connectivity index (χ0v) is 13.5. The summed E-state index contributed by atoms with van der Waals surface area (Å²) in [6.45, 7) is 4.61. The van der Waals surface area contributed by atoms with E-state index in [0.717, 1.165) is 24.3 Å². The lowest BCUT2D eigenvalue weighted by molar-refractivity contribution is 0.237. The fourth-order valence-corrected chi connectivity index (χ4v) is 3.74. The molecular formula is C14H19N5O2S. The number of aromatic nitrogens is 3.